The van der Waals surface area contributed by atoms with Crippen LogP contribution < -0.4 is 4.72 Å². The molecule has 100 valence electrons. The molecule has 18 heavy (non-hydrogen) atoms. The topological polar surface area (TPSA) is 68.3 Å². The van der Waals surface area contributed by atoms with Crippen molar-refractivity contribution in [2.45, 2.75) is 23.8 Å². The molecule has 1 fully saturated rings. The number of rotatable bonds is 3. The maximum atomic E-state index is 12.1. The van der Waals surface area contributed by atoms with Gasteiger partial charge in [-0.3, -0.25) is 0 Å². The molecule has 1 aliphatic rings. The molecule has 0 spiro atoms. The number of ether oxygens (including phenoxy) is 1. The molecular weight excluding hydrogens is 299 g/mol. The van der Waals surface area contributed by atoms with Crippen molar-refractivity contribution in [3.8, 4) is 0 Å². The van der Waals surface area contributed by atoms with Gasteiger partial charge in [-0.25, -0.2) is 18.1 Å². The lowest BCUT2D eigenvalue weighted by Crippen LogP contribution is -2.38. The molecule has 1 N–H and O–H groups in total. The summed E-state index contributed by atoms with van der Waals surface area (Å²) in [7, 11) is -3.61. The van der Waals surface area contributed by atoms with Crippen molar-refractivity contribution in [3.63, 3.8) is 0 Å². The first-order valence-electron chi connectivity index (χ1n) is 5.40. The van der Waals surface area contributed by atoms with Crippen molar-refractivity contribution in [3.05, 3.63) is 22.4 Å². The number of halogens is 2. The van der Waals surface area contributed by atoms with Crippen LogP contribution in [-0.2, 0) is 14.8 Å². The van der Waals surface area contributed by atoms with E-state index in [0.29, 0.717) is 26.1 Å². The quantitative estimate of drug-likeness (QED) is 0.865. The predicted octanol–water partition coefficient (Wildman–Crippen LogP) is 1.85. The molecule has 0 amide bonds. The average Bonchev–Trinajstić information content (AvgIpc) is 2.33. The largest absolute Gasteiger partial charge is 0.381 e. The second-order valence-corrected chi connectivity index (χ2v) is 6.43. The smallest absolute Gasteiger partial charge is 0.242 e. The standard InChI is InChI=1S/C10H12Cl2N2O3S/c11-9-5-8(6-13-10(9)12)18(15,16)14-7-1-3-17-4-2-7/h5-7,14H,1-4H2. The van der Waals surface area contributed by atoms with E-state index >= 15 is 0 Å². The lowest BCUT2D eigenvalue weighted by molar-refractivity contribution is 0.0832. The molecule has 1 aliphatic heterocycles. The van der Waals surface area contributed by atoms with Crippen LogP contribution in [-0.4, -0.2) is 32.7 Å². The van der Waals surface area contributed by atoms with Crippen LogP contribution in [0.4, 0.5) is 0 Å². The summed E-state index contributed by atoms with van der Waals surface area (Å²) in [6, 6.07) is 1.18. The van der Waals surface area contributed by atoms with Crippen LogP contribution in [0, 0.1) is 0 Å². The predicted molar refractivity (Wildman–Crippen MR) is 68.4 cm³/mol. The first kappa shape index (κ1) is 14.0. The molecule has 0 atom stereocenters. The van der Waals surface area contributed by atoms with Crippen molar-refractivity contribution in [2.24, 2.45) is 0 Å². The Bertz CT molecular complexity index is 530. The molecule has 0 bridgehead atoms. The van der Waals surface area contributed by atoms with Crippen molar-refractivity contribution in [1.29, 1.82) is 0 Å². The third-order valence-corrected chi connectivity index (χ3v) is 4.80. The van der Waals surface area contributed by atoms with E-state index in [4.69, 9.17) is 27.9 Å². The zero-order chi connectivity index (χ0) is 13.2. The second-order valence-electron chi connectivity index (χ2n) is 3.95. The van der Waals surface area contributed by atoms with Crippen molar-refractivity contribution >= 4 is 33.2 Å². The molecule has 2 heterocycles. The van der Waals surface area contributed by atoms with Crippen molar-refractivity contribution < 1.29 is 13.2 Å². The molecule has 0 aliphatic carbocycles. The van der Waals surface area contributed by atoms with E-state index < -0.39 is 10.0 Å². The Labute approximate surface area is 116 Å². The summed E-state index contributed by atoms with van der Waals surface area (Å²) in [6.07, 6.45) is 2.51. The van der Waals surface area contributed by atoms with E-state index in [-0.39, 0.29) is 21.1 Å². The van der Waals surface area contributed by atoms with Gasteiger partial charge in [0, 0.05) is 25.5 Å². The first-order chi connectivity index (χ1) is 8.49. The lowest BCUT2D eigenvalue weighted by Gasteiger charge is -2.22. The number of pyridine rings is 1. The number of sulfonamides is 1. The SMILES string of the molecule is O=S(=O)(NC1CCOCC1)c1cnc(Cl)c(Cl)c1. The molecule has 1 aromatic heterocycles. The van der Waals surface area contributed by atoms with Gasteiger partial charge < -0.3 is 4.74 Å². The number of hydrogen-bond acceptors (Lipinski definition) is 4. The van der Waals surface area contributed by atoms with E-state index in [2.05, 4.69) is 9.71 Å². The van der Waals surface area contributed by atoms with Gasteiger partial charge in [-0.15, -0.1) is 0 Å². The van der Waals surface area contributed by atoms with E-state index in [1.54, 1.807) is 0 Å². The van der Waals surface area contributed by atoms with E-state index in [9.17, 15) is 8.42 Å². The summed E-state index contributed by atoms with van der Waals surface area (Å²) in [6.45, 7) is 1.12. The highest BCUT2D eigenvalue weighted by atomic mass is 35.5. The summed E-state index contributed by atoms with van der Waals surface area (Å²) in [5, 5.41) is 0.202. The maximum absolute atomic E-state index is 12.1. The minimum atomic E-state index is -3.61. The number of nitrogens with one attached hydrogen (secondary N) is 1. The van der Waals surface area contributed by atoms with Gasteiger partial charge in [0.15, 0.2) is 0 Å². The zero-order valence-corrected chi connectivity index (χ0v) is 11.7. The number of hydrogen-bond donors (Lipinski definition) is 1. The Balaban J connectivity index is 2.16. The van der Waals surface area contributed by atoms with Gasteiger partial charge in [0.05, 0.1) is 5.02 Å². The van der Waals surface area contributed by atoms with Gasteiger partial charge in [-0.05, 0) is 18.9 Å². The van der Waals surface area contributed by atoms with Gasteiger partial charge >= 0.3 is 0 Å². The molecule has 8 heteroatoms. The first-order valence-corrected chi connectivity index (χ1v) is 7.64. The highest BCUT2D eigenvalue weighted by Gasteiger charge is 2.23. The highest BCUT2D eigenvalue weighted by Crippen LogP contribution is 2.22. The summed E-state index contributed by atoms with van der Waals surface area (Å²) in [5.41, 5.74) is 0. The molecule has 0 saturated carbocycles. The van der Waals surface area contributed by atoms with E-state index in [1.165, 1.54) is 12.3 Å². The van der Waals surface area contributed by atoms with Gasteiger partial charge in [0.1, 0.15) is 10.0 Å². The van der Waals surface area contributed by atoms with Gasteiger partial charge in [-0.2, -0.15) is 0 Å². The molecule has 5 nitrogen and oxygen atoms in total. The monoisotopic (exact) mass is 310 g/mol. The van der Waals surface area contributed by atoms with Crippen molar-refractivity contribution in [2.75, 3.05) is 13.2 Å². The van der Waals surface area contributed by atoms with Gasteiger partial charge in [0.25, 0.3) is 0 Å². The Morgan fingerprint density at radius 3 is 2.61 bits per heavy atom. The molecule has 2 rings (SSSR count). The minimum Gasteiger partial charge on any atom is -0.381 e. The number of nitrogens with zero attached hydrogens (tertiary/aromatic N) is 1. The Morgan fingerprint density at radius 1 is 1.33 bits per heavy atom. The zero-order valence-electron chi connectivity index (χ0n) is 9.40. The maximum Gasteiger partial charge on any atom is 0.242 e. The fourth-order valence-corrected chi connectivity index (χ4v) is 3.26. The van der Waals surface area contributed by atoms with Crippen LogP contribution in [0.3, 0.4) is 0 Å². The van der Waals surface area contributed by atoms with E-state index in [0.717, 1.165) is 0 Å². The average molecular weight is 311 g/mol. The van der Waals surface area contributed by atoms with Crippen molar-refractivity contribution in [1.82, 2.24) is 9.71 Å². The van der Waals surface area contributed by atoms with E-state index in [1.807, 2.05) is 0 Å². The van der Waals surface area contributed by atoms with Crippen LogP contribution in [0.25, 0.3) is 0 Å². The Hall–Kier alpha value is -0.400. The Morgan fingerprint density at radius 2 is 2.00 bits per heavy atom. The molecular formula is C10H12Cl2N2O3S. The van der Waals surface area contributed by atoms with Gasteiger partial charge in [0.2, 0.25) is 10.0 Å². The van der Waals surface area contributed by atoms with Crippen LogP contribution in [0.5, 0.6) is 0 Å². The third kappa shape index (κ3) is 3.33. The highest BCUT2D eigenvalue weighted by molar-refractivity contribution is 7.89. The summed E-state index contributed by atoms with van der Waals surface area (Å²) < 4.78 is 31.9. The van der Waals surface area contributed by atoms with Crippen LogP contribution in [0.2, 0.25) is 10.2 Å². The lowest BCUT2D eigenvalue weighted by atomic mass is 10.1. The summed E-state index contributed by atoms with van der Waals surface area (Å²) >= 11 is 11.4. The Kier molecular flexibility index (Phi) is 4.45. The number of aromatic nitrogens is 1. The molecule has 1 aromatic rings. The normalized spacial score (nSPS) is 17.9. The molecule has 1 saturated heterocycles. The second kappa shape index (κ2) is 5.71. The fourth-order valence-electron chi connectivity index (χ4n) is 1.65. The molecule has 0 aromatic carbocycles. The third-order valence-electron chi connectivity index (χ3n) is 2.62. The minimum absolute atomic E-state index is 0.0170. The van der Waals surface area contributed by atoms with Crippen LogP contribution in [0.1, 0.15) is 12.8 Å². The summed E-state index contributed by atoms with van der Waals surface area (Å²) in [4.78, 5) is 3.74. The molecule has 0 radical (unpaired) electrons. The van der Waals surface area contributed by atoms with Crippen LogP contribution in [0.15, 0.2) is 17.2 Å². The fraction of sp³-hybridized carbons (Fsp3) is 0.500. The molecule has 0 unspecified atom stereocenters. The van der Waals surface area contributed by atoms with Crippen LogP contribution >= 0.6 is 23.2 Å². The van der Waals surface area contributed by atoms with Gasteiger partial charge in [-0.1, -0.05) is 23.2 Å². The summed E-state index contributed by atoms with van der Waals surface area (Å²) in [5.74, 6) is 0.